The zero-order valence-electron chi connectivity index (χ0n) is 10.4. The molecule has 0 radical (unpaired) electrons. The Labute approximate surface area is 101 Å². The van der Waals surface area contributed by atoms with E-state index in [4.69, 9.17) is 0 Å². The molecule has 0 bridgehead atoms. The third-order valence-corrected chi connectivity index (χ3v) is 3.96. The van der Waals surface area contributed by atoms with Crippen molar-refractivity contribution in [1.29, 1.82) is 0 Å². The van der Waals surface area contributed by atoms with Crippen molar-refractivity contribution in [2.75, 3.05) is 0 Å². The fourth-order valence-electron chi connectivity index (χ4n) is 2.58. The maximum atomic E-state index is 11.5. The number of carboxylic acid groups (broad SMARTS) is 1. The van der Waals surface area contributed by atoms with Gasteiger partial charge in [-0.25, -0.2) is 4.79 Å². The molecule has 1 aliphatic carbocycles. The Morgan fingerprint density at radius 3 is 2.59 bits per heavy atom. The molecule has 5 heteroatoms. The van der Waals surface area contributed by atoms with E-state index in [9.17, 15) is 9.90 Å². The van der Waals surface area contributed by atoms with Crippen LogP contribution in [0.3, 0.4) is 0 Å². The number of carbonyl (C=O) groups is 1. The Morgan fingerprint density at radius 1 is 1.53 bits per heavy atom. The van der Waals surface area contributed by atoms with E-state index in [1.807, 2.05) is 0 Å². The molecule has 1 fully saturated rings. The summed E-state index contributed by atoms with van der Waals surface area (Å²) in [6.07, 6.45) is 5.85. The predicted octanol–water partition coefficient (Wildman–Crippen LogP) is 2.15. The zero-order valence-corrected chi connectivity index (χ0v) is 10.4. The van der Waals surface area contributed by atoms with E-state index >= 15 is 0 Å². The molecule has 1 saturated carbocycles. The number of rotatable bonds is 5. The summed E-state index contributed by atoms with van der Waals surface area (Å²) in [7, 11) is 0. The minimum absolute atomic E-state index is 0.300. The van der Waals surface area contributed by atoms with Gasteiger partial charge in [0.05, 0.1) is 0 Å². The van der Waals surface area contributed by atoms with Crippen LogP contribution in [0.1, 0.15) is 57.7 Å². The monoisotopic (exact) mass is 237 g/mol. The number of nitrogens with zero attached hydrogens (tertiary/aromatic N) is 3. The topological polar surface area (TPSA) is 68.0 Å². The van der Waals surface area contributed by atoms with Crippen molar-refractivity contribution in [2.45, 2.75) is 57.4 Å². The fourth-order valence-corrected chi connectivity index (χ4v) is 2.58. The van der Waals surface area contributed by atoms with Gasteiger partial charge in [0, 0.05) is 5.92 Å². The van der Waals surface area contributed by atoms with Crippen LogP contribution in [-0.4, -0.2) is 25.8 Å². The van der Waals surface area contributed by atoms with Crippen LogP contribution in [0.4, 0.5) is 0 Å². The second-order valence-electron chi connectivity index (χ2n) is 4.76. The highest BCUT2D eigenvalue weighted by atomic mass is 16.4. The van der Waals surface area contributed by atoms with Crippen molar-refractivity contribution in [3.8, 4) is 0 Å². The van der Waals surface area contributed by atoms with Crippen LogP contribution >= 0.6 is 0 Å². The SMILES string of the molecule is CCC(CC)c1nncn1C1(C(=O)O)CCC1. The van der Waals surface area contributed by atoms with Gasteiger partial charge in [0.15, 0.2) is 0 Å². The molecule has 0 unspecified atom stereocenters. The first-order valence-corrected chi connectivity index (χ1v) is 6.29. The fraction of sp³-hybridized carbons (Fsp3) is 0.750. The molecule has 0 spiro atoms. The molecule has 1 aromatic rings. The van der Waals surface area contributed by atoms with Crippen molar-refractivity contribution in [2.24, 2.45) is 0 Å². The summed E-state index contributed by atoms with van der Waals surface area (Å²) < 4.78 is 1.80. The van der Waals surface area contributed by atoms with E-state index in [2.05, 4.69) is 24.0 Å². The summed E-state index contributed by atoms with van der Waals surface area (Å²) in [4.78, 5) is 11.5. The standard InChI is InChI=1S/C12H19N3O2/c1-3-9(4-2)10-14-13-8-15(10)12(11(16)17)6-5-7-12/h8-9H,3-7H2,1-2H3,(H,16,17). The molecule has 1 aromatic heterocycles. The van der Waals surface area contributed by atoms with E-state index in [1.54, 1.807) is 10.9 Å². The molecule has 1 heterocycles. The molecule has 5 nitrogen and oxygen atoms in total. The zero-order chi connectivity index (χ0) is 12.5. The van der Waals surface area contributed by atoms with Crippen LogP contribution < -0.4 is 0 Å². The third-order valence-electron chi connectivity index (χ3n) is 3.96. The second kappa shape index (κ2) is 4.47. The van der Waals surface area contributed by atoms with Gasteiger partial charge in [-0.05, 0) is 32.1 Å². The maximum Gasteiger partial charge on any atom is 0.329 e. The highest BCUT2D eigenvalue weighted by molar-refractivity contribution is 5.78. The first-order valence-electron chi connectivity index (χ1n) is 6.29. The minimum atomic E-state index is -0.776. The Kier molecular flexibility index (Phi) is 3.17. The number of aliphatic carboxylic acids is 1. The summed E-state index contributed by atoms with van der Waals surface area (Å²) in [5.74, 6) is 0.377. The van der Waals surface area contributed by atoms with Crippen molar-refractivity contribution in [3.05, 3.63) is 12.2 Å². The molecular formula is C12H19N3O2. The average molecular weight is 237 g/mol. The van der Waals surface area contributed by atoms with Crippen LogP contribution in [0, 0.1) is 0 Å². The van der Waals surface area contributed by atoms with Crippen molar-refractivity contribution < 1.29 is 9.90 Å². The summed E-state index contributed by atoms with van der Waals surface area (Å²) in [5, 5.41) is 17.5. The number of aromatic nitrogens is 3. The second-order valence-corrected chi connectivity index (χ2v) is 4.76. The van der Waals surface area contributed by atoms with Crippen LogP contribution in [0.5, 0.6) is 0 Å². The number of carboxylic acids is 1. The first-order chi connectivity index (χ1) is 8.15. The summed E-state index contributed by atoms with van der Waals surface area (Å²) in [5.41, 5.74) is -0.776. The van der Waals surface area contributed by atoms with Gasteiger partial charge in [0.1, 0.15) is 17.7 Å². The average Bonchev–Trinajstić information content (AvgIpc) is 2.67. The quantitative estimate of drug-likeness (QED) is 0.852. The summed E-state index contributed by atoms with van der Waals surface area (Å²) in [6.45, 7) is 4.20. The van der Waals surface area contributed by atoms with Crippen molar-refractivity contribution in [1.82, 2.24) is 14.8 Å². The molecule has 0 atom stereocenters. The predicted molar refractivity (Wildman–Crippen MR) is 62.8 cm³/mol. The molecule has 2 rings (SSSR count). The van der Waals surface area contributed by atoms with E-state index in [1.165, 1.54) is 0 Å². The lowest BCUT2D eigenvalue weighted by atomic mass is 9.76. The van der Waals surface area contributed by atoms with Gasteiger partial charge in [0.25, 0.3) is 0 Å². The van der Waals surface area contributed by atoms with Gasteiger partial charge in [0.2, 0.25) is 0 Å². The molecule has 0 amide bonds. The first kappa shape index (κ1) is 12.1. The highest BCUT2D eigenvalue weighted by Crippen LogP contribution is 2.41. The molecule has 0 aliphatic heterocycles. The lowest BCUT2D eigenvalue weighted by molar-refractivity contribution is -0.152. The Bertz CT molecular complexity index is 406. The Balaban J connectivity index is 2.39. The largest absolute Gasteiger partial charge is 0.479 e. The number of hydrogen-bond acceptors (Lipinski definition) is 3. The van der Waals surface area contributed by atoms with Gasteiger partial charge < -0.3 is 9.67 Å². The Hall–Kier alpha value is -1.39. The molecule has 94 valence electrons. The lowest BCUT2D eigenvalue weighted by Crippen LogP contribution is -2.48. The third kappa shape index (κ3) is 1.73. The molecule has 0 saturated heterocycles. The van der Waals surface area contributed by atoms with Crippen LogP contribution in [0.15, 0.2) is 6.33 Å². The molecule has 17 heavy (non-hydrogen) atoms. The van der Waals surface area contributed by atoms with Gasteiger partial charge >= 0.3 is 5.97 Å². The number of hydrogen-bond donors (Lipinski definition) is 1. The van der Waals surface area contributed by atoms with E-state index in [0.29, 0.717) is 18.8 Å². The van der Waals surface area contributed by atoms with E-state index in [-0.39, 0.29) is 0 Å². The highest BCUT2D eigenvalue weighted by Gasteiger charge is 2.47. The van der Waals surface area contributed by atoms with Gasteiger partial charge in [-0.15, -0.1) is 10.2 Å². The molecular weight excluding hydrogens is 218 g/mol. The van der Waals surface area contributed by atoms with Crippen molar-refractivity contribution >= 4 is 5.97 Å². The lowest BCUT2D eigenvalue weighted by Gasteiger charge is -2.39. The van der Waals surface area contributed by atoms with Gasteiger partial charge in [-0.2, -0.15) is 0 Å². The van der Waals surface area contributed by atoms with Gasteiger partial charge in [-0.1, -0.05) is 13.8 Å². The maximum absolute atomic E-state index is 11.5. The smallest absolute Gasteiger partial charge is 0.329 e. The van der Waals surface area contributed by atoms with Gasteiger partial charge in [-0.3, -0.25) is 0 Å². The van der Waals surface area contributed by atoms with Crippen LogP contribution in [0.25, 0.3) is 0 Å². The van der Waals surface area contributed by atoms with E-state index in [0.717, 1.165) is 25.1 Å². The summed E-state index contributed by atoms with van der Waals surface area (Å²) >= 11 is 0. The van der Waals surface area contributed by atoms with E-state index < -0.39 is 11.5 Å². The van der Waals surface area contributed by atoms with Crippen LogP contribution in [0.2, 0.25) is 0 Å². The molecule has 1 N–H and O–H groups in total. The molecule has 1 aliphatic rings. The normalized spacial score (nSPS) is 18.1. The van der Waals surface area contributed by atoms with Crippen molar-refractivity contribution in [3.63, 3.8) is 0 Å². The summed E-state index contributed by atoms with van der Waals surface area (Å²) in [6, 6.07) is 0. The Morgan fingerprint density at radius 2 is 2.18 bits per heavy atom. The van der Waals surface area contributed by atoms with Crippen LogP contribution in [-0.2, 0) is 10.3 Å². The minimum Gasteiger partial charge on any atom is -0.479 e. The molecule has 0 aromatic carbocycles.